The Labute approximate surface area is 112 Å². The van der Waals surface area contributed by atoms with E-state index in [2.05, 4.69) is 20.5 Å². The molecule has 0 saturated heterocycles. The van der Waals surface area contributed by atoms with E-state index in [1.807, 2.05) is 0 Å². The van der Waals surface area contributed by atoms with Gasteiger partial charge in [0.15, 0.2) is 11.6 Å². The molecule has 0 atom stereocenters. The molecule has 2 rings (SSSR count). The first-order valence-corrected chi connectivity index (χ1v) is 5.50. The average molecular weight is 283 g/mol. The number of anilines is 1. The largest absolute Gasteiger partial charge is 0.496 e. The summed E-state index contributed by atoms with van der Waals surface area (Å²) in [6.07, 6.45) is 0. The second-order valence-corrected chi connectivity index (χ2v) is 3.76. The van der Waals surface area contributed by atoms with Crippen LogP contribution in [0.3, 0.4) is 0 Å². The van der Waals surface area contributed by atoms with Gasteiger partial charge in [-0.15, -0.1) is 5.10 Å². The normalized spacial score (nSPS) is 10.3. The number of rotatable bonds is 4. The molecule has 0 unspecified atom stereocenters. The Kier molecular flexibility index (Phi) is 3.78. The molecule has 20 heavy (non-hydrogen) atoms. The molecule has 1 aromatic heterocycles. The second kappa shape index (κ2) is 5.51. The molecule has 1 aromatic carbocycles. The Balaban J connectivity index is 2.18. The van der Waals surface area contributed by atoms with Crippen molar-refractivity contribution in [3.8, 4) is 5.75 Å². The van der Waals surface area contributed by atoms with Crippen LogP contribution in [0.15, 0.2) is 12.1 Å². The molecule has 7 nitrogen and oxygen atoms in total. The van der Waals surface area contributed by atoms with Crippen molar-refractivity contribution in [2.75, 3.05) is 12.8 Å². The summed E-state index contributed by atoms with van der Waals surface area (Å²) in [5.74, 6) is -3.03. The first-order chi connectivity index (χ1) is 9.52. The molecule has 0 saturated carbocycles. The zero-order chi connectivity index (χ0) is 14.7. The van der Waals surface area contributed by atoms with Gasteiger partial charge in [0.25, 0.3) is 5.91 Å². The molecule has 0 aliphatic rings. The highest BCUT2D eigenvalue weighted by Gasteiger charge is 2.21. The Morgan fingerprint density at radius 1 is 1.50 bits per heavy atom. The number of hydrogen-bond acceptors (Lipinski definition) is 5. The highest BCUT2D eigenvalue weighted by atomic mass is 19.2. The van der Waals surface area contributed by atoms with Crippen molar-refractivity contribution in [3.05, 3.63) is 35.2 Å². The van der Waals surface area contributed by atoms with Crippen LogP contribution in [0.5, 0.6) is 5.75 Å². The van der Waals surface area contributed by atoms with Crippen LogP contribution < -0.4 is 15.8 Å². The van der Waals surface area contributed by atoms with Crippen molar-refractivity contribution in [2.45, 2.75) is 6.54 Å². The summed E-state index contributed by atoms with van der Waals surface area (Å²) in [5.41, 5.74) is 4.78. The van der Waals surface area contributed by atoms with Gasteiger partial charge in [0.05, 0.1) is 13.7 Å². The predicted octanol–water partition coefficient (Wildman–Crippen LogP) is 0.604. The van der Waals surface area contributed by atoms with Crippen LogP contribution in [0.25, 0.3) is 0 Å². The molecule has 9 heteroatoms. The molecule has 106 valence electrons. The van der Waals surface area contributed by atoms with E-state index in [0.717, 1.165) is 6.07 Å². The number of methoxy groups -OCH3 is 1. The lowest BCUT2D eigenvalue weighted by Crippen LogP contribution is -2.25. The summed E-state index contributed by atoms with van der Waals surface area (Å²) in [5, 5.41) is 8.39. The average Bonchev–Trinajstić information content (AvgIpc) is 2.84. The maximum absolute atomic E-state index is 13.7. The molecule has 0 aliphatic heterocycles. The monoisotopic (exact) mass is 283 g/mol. The van der Waals surface area contributed by atoms with E-state index in [1.54, 1.807) is 0 Å². The van der Waals surface area contributed by atoms with Crippen LogP contribution in [0.2, 0.25) is 0 Å². The van der Waals surface area contributed by atoms with Crippen LogP contribution in [-0.4, -0.2) is 28.2 Å². The van der Waals surface area contributed by atoms with E-state index in [1.165, 1.54) is 13.2 Å². The number of ether oxygens (including phenoxy) is 1. The molecule has 0 radical (unpaired) electrons. The number of benzene rings is 1. The first-order valence-electron chi connectivity index (χ1n) is 5.50. The molecule has 0 spiro atoms. The fraction of sp³-hybridized carbons (Fsp3) is 0.182. The van der Waals surface area contributed by atoms with Crippen LogP contribution in [0, 0.1) is 11.6 Å². The van der Waals surface area contributed by atoms with E-state index in [9.17, 15) is 13.6 Å². The van der Waals surface area contributed by atoms with Crippen molar-refractivity contribution in [3.63, 3.8) is 0 Å². The van der Waals surface area contributed by atoms with Gasteiger partial charge in [0.1, 0.15) is 17.1 Å². The Morgan fingerprint density at radius 2 is 2.25 bits per heavy atom. The summed E-state index contributed by atoms with van der Waals surface area (Å²) in [6, 6.07) is 2.04. The maximum Gasteiger partial charge on any atom is 0.258 e. The number of aromatic amines is 1. The van der Waals surface area contributed by atoms with Gasteiger partial charge in [-0.05, 0) is 12.1 Å². The number of nitrogens with zero attached hydrogens (tertiary/aromatic N) is 2. The molecule has 4 N–H and O–H groups in total. The minimum Gasteiger partial charge on any atom is -0.496 e. The number of halogens is 2. The summed E-state index contributed by atoms with van der Waals surface area (Å²) in [6.45, 7) is -0.0673. The van der Waals surface area contributed by atoms with E-state index >= 15 is 0 Å². The van der Waals surface area contributed by atoms with Gasteiger partial charge in [0.2, 0.25) is 5.95 Å². The smallest absolute Gasteiger partial charge is 0.258 e. The SMILES string of the molecule is COc1ccc(F)c(F)c1C(=O)NCc1nc(N)n[nH]1. The quantitative estimate of drug-likeness (QED) is 0.762. The zero-order valence-corrected chi connectivity index (χ0v) is 10.4. The van der Waals surface area contributed by atoms with Crippen molar-refractivity contribution in [1.29, 1.82) is 0 Å². The predicted molar refractivity (Wildman–Crippen MR) is 64.9 cm³/mol. The van der Waals surface area contributed by atoms with E-state index in [4.69, 9.17) is 10.5 Å². The van der Waals surface area contributed by atoms with Crippen molar-refractivity contribution < 1.29 is 18.3 Å². The molecule has 0 aliphatic carbocycles. The Morgan fingerprint density at radius 3 is 2.85 bits per heavy atom. The van der Waals surface area contributed by atoms with Gasteiger partial charge in [0, 0.05) is 0 Å². The number of carbonyl (C=O) groups is 1. The minimum atomic E-state index is -1.28. The molecule has 0 bridgehead atoms. The number of aromatic nitrogens is 3. The van der Waals surface area contributed by atoms with Crippen molar-refractivity contribution in [2.24, 2.45) is 0 Å². The van der Waals surface area contributed by atoms with Crippen molar-refractivity contribution in [1.82, 2.24) is 20.5 Å². The molecule has 1 heterocycles. The third kappa shape index (κ3) is 2.66. The fourth-order valence-corrected chi connectivity index (χ4v) is 1.56. The van der Waals surface area contributed by atoms with Crippen LogP contribution in [0.1, 0.15) is 16.2 Å². The number of carbonyl (C=O) groups excluding carboxylic acids is 1. The lowest BCUT2D eigenvalue weighted by molar-refractivity contribution is 0.0941. The highest BCUT2D eigenvalue weighted by Crippen LogP contribution is 2.23. The molecular weight excluding hydrogens is 272 g/mol. The number of nitrogen functional groups attached to an aromatic ring is 1. The van der Waals surface area contributed by atoms with Gasteiger partial charge >= 0.3 is 0 Å². The summed E-state index contributed by atoms with van der Waals surface area (Å²) < 4.78 is 31.7. The van der Waals surface area contributed by atoms with Gasteiger partial charge < -0.3 is 15.8 Å². The molecule has 1 amide bonds. The van der Waals surface area contributed by atoms with Crippen LogP contribution >= 0.6 is 0 Å². The minimum absolute atomic E-state index is 0.0174. The third-order valence-electron chi connectivity index (χ3n) is 2.47. The van der Waals surface area contributed by atoms with Gasteiger partial charge in [-0.1, -0.05) is 0 Å². The molecule has 2 aromatic rings. The first kappa shape index (κ1) is 13.7. The molecule has 0 fully saturated rings. The van der Waals surface area contributed by atoms with Gasteiger partial charge in [-0.25, -0.2) is 8.78 Å². The summed E-state index contributed by atoms with van der Waals surface area (Å²) >= 11 is 0. The van der Waals surface area contributed by atoms with E-state index in [0.29, 0.717) is 0 Å². The summed E-state index contributed by atoms with van der Waals surface area (Å²) in [4.78, 5) is 15.6. The third-order valence-corrected chi connectivity index (χ3v) is 2.47. The number of hydrogen-bond donors (Lipinski definition) is 3. The number of nitrogens with one attached hydrogen (secondary N) is 2. The van der Waals surface area contributed by atoms with Crippen LogP contribution in [0.4, 0.5) is 14.7 Å². The second-order valence-electron chi connectivity index (χ2n) is 3.76. The van der Waals surface area contributed by atoms with E-state index < -0.39 is 23.1 Å². The van der Waals surface area contributed by atoms with Crippen molar-refractivity contribution >= 4 is 11.9 Å². The highest BCUT2D eigenvalue weighted by molar-refractivity contribution is 5.97. The Hall–Kier alpha value is -2.71. The maximum atomic E-state index is 13.7. The number of nitrogens with two attached hydrogens (primary N) is 1. The fourth-order valence-electron chi connectivity index (χ4n) is 1.56. The standard InChI is InChI=1S/C11H11F2N5O2/c1-20-6-3-2-5(12)9(13)8(6)10(19)15-4-7-16-11(14)18-17-7/h2-3H,4H2,1H3,(H,15,19)(H3,14,16,17,18). The van der Waals surface area contributed by atoms with Crippen LogP contribution in [-0.2, 0) is 6.54 Å². The topological polar surface area (TPSA) is 106 Å². The van der Waals surface area contributed by atoms with Gasteiger partial charge in [-0.3, -0.25) is 9.89 Å². The lowest BCUT2D eigenvalue weighted by atomic mass is 10.1. The number of H-pyrrole nitrogens is 1. The molecular formula is C11H11F2N5O2. The zero-order valence-electron chi connectivity index (χ0n) is 10.4. The van der Waals surface area contributed by atoms with Gasteiger partial charge in [-0.2, -0.15) is 4.98 Å². The van der Waals surface area contributed by atoms with E-state index in [-0.39, 0.29) is 24.1 Å². The lowest BCUT2D eigenvalue weighted by Gasteiger charge is -2.09. The Bertz CT molecular complexity index is 644. The number of amides is 1. The summed E-state index contributed by atoms with van der Waals surface area (Å²) in [7, 11) is 1.25.